The molecular weight excluding hydrogens is 338 g/mol. The van der Waals surface area contributed by atoms with Crippen molar-refractivity contribution in [2.24, 2.45) is 0 Å². The number of carbonyl (C=O) groups is 2. The Hall–Kier alpha value is -1.46. The van der Waals surface area contributed by atoms with Gasteiger partial charge in [-0.25, -0.2) is 0 Å². The highest BCUT2D eigenvalue weighted by molar-refractivity contribution is 9.10. The first-order valence-corrected chi connectivity index (χ1v) is 7.95. The van der Waals surface area contributed by atoms with E-state index in [1.807, 2.05) is 41.8 Å². The molecule has 3 rings (SSSR count). The molecule has 1 saturated heterocycles. The van der Waals surface area contributed by atoms with Crippen LogP contribution in [-0.4, -0.2) is 16.7 Å². The van der Waals surface area contributed by atoms with Crippen LogP contribution in [0.4, 0.5) is 0 Å². The topological polar surface area (TPSA) is 37.4 Å². The van der Waals surface area contributed by atoms with Crippen molar-refractivity contribution < 1.29 is 9.59 Å². The van der Waals surface area contributed by atoms with Gasteiger partial charge in [-0.1, -0.05) is 30.3 Å². The number of thiophene rings is 1. The number of nitrogens with zero attached hydrogens (tertiary/aromatic N) is 1. The Balaban J connectivity index is 1.83. The van der Waals surface area contributed by atoms with Gasteiger partial charge in [0.25, 0.3) is 0 Å². The number of amides is 2. The third-order valence-electron chi connectivity index (χ3n) is 3.44. The lowest BCUT2D eigenvalue weighted by atomic mass is 9.98. The number of likely N-dealkylation sites (tertiary alicyclic amines) is 1. The van der Waals surface area contributed by atoms with E-state index in [1.54, 1.807) is 11.3 Å². The van der Waals surface area contributed by atoms with E-state index in [0.717, 1.165) is 14.9 Å². The summed E-state index contributed by atoms with van der Waals surface area (Å²) in [4.78, 5) is 26.9. The third-order valence-corrected chi connectivity index (χ3v) is 5.35. The molecule has 1 aliphatic rings. The van der Waals surface area contributed by atoms with Gasteiger partial charge in [-0.2, -0.15) is 0 Å². The lowest BCUT2D eigenvalue weighted by Crippen LogP contribution is -2.29. The fraction of sp³-hybridized carbons (Fsp3) is 0.200. The molecule has 2 aromatic rings. The van der Waals surface area contributed by atoms with Gasteiger partial charge < -0.3 is 0 Å². The number of halogens is 1. The third kappa shape index (κ3) is 2.43. The molecule has 1 atom stereocenters. The molecule has 2 amide bonds. The average molecular weight is 350 g/mol. The van der Waals surface area contributed by atoms with Gasteiger partial charge in [0, 0.05) is 15.8 Å². The normalized spacial score (nSPS) is 18.9. The molecule has 1 aliphatic heterocycles. The predicted molar refractivity (Wildman–Crippen MR) is 81.4 cm³/mol. The molecule has 20 heavy (non-hydrogen) atoms. The summed E-state index contributed by atoms with van der Waals surface area (Å²) in [5.41, 5.74) is 0.915. The maximum atomic E-state index is 12.4. The van der Waals surface area contributed by atoms with Crippen molar-refractivity contribution in [2.45, 2.75) is 18.9 Å². The van der Waals surface area contributed by atoms with Gasteiger partial charge in [0.1, 0.15) is 0 Å². The van der Waals surface area contributed by atoms with Gasteiger partial charge in [0.2, 0.25) is 11.8 Å². The summed E-state index contributed by atoms with van der Waals surface area (Å²) in [5.74, 6) is -0.520. The zero-order valence-corrected chi connectivity index (χ0v) is 13.0. The highest BCUT2D eigenvalue weighted by Gasteiger charge is 2.39. The Morgan fingerprint density at radius 1 is 1.20 bits per heavy atom. The van der Waals surface area contributed by atoms with Crippen LogP contribution in [0.1, 0.15) is 22.8 Å². The van der Waals surface area contributed by atoms with E-state index in [2.05, 4.69) is 15.9 Å². The van der Waals surface area contributed by atoms with Crippen LogP contribution in [0, 0.1) is 0 Å². The second kappa shape index (κ2) is 5.50. The SMILES string of the molecule is O=C1CC(c2ccccc2)C(=O)N1Cc1sccc1Br. The average Bonchev–Trinajstić information content (AvgIpc) is 2.98. The zero-order chi connectivity index (χ0) is 14.1. The van der Waals surface area contributed by atoms with Crippen molar-refractivity contribution in [3.05, 3.63) is 56.7 Å². The Morgan fingerprint density at radius 2 is 1.95 bits per heavy atom. The molecule has 0 N–H and O–H groups in total. The molecule has 0 aliphatic carbocycles. The maximum Gasteiger partial charge on any atom is 0.237 e. The van der Waals surface area contributed by atoms with Crippen molar-refractivity contribution >= 4 is 39.1 Å². The number of benzene rings is 1. The first kappa shape index (κ1) is 13.5. The smallest absolute Gasteiger partial charge is 0.237 e. The molecule has 1 unspecified atom stereocenters. The van der Waals surface area contributed by atoms with Gasteiger partial charge >= 0.3 is 0 Å². The number of hydrogen-bond donors (Lipinski definition) is 0. The molecule has 0 saturated carbocycles. The van der Waals surface area contributed by atoms with Crippen LogP contribution in [0.5, 0.6) is 0 Å². The zero-order valence-electron chi connectivity index (χ0n) is 10.6. The fourth-order valence-corrected chi connectivity index (χ4v) is 3.84. The summed E-state index contributed by atoms with van der Waals surface area (Å²) in [6.45, 7) is 0.360. The van der Waals surface area contributed by atoms with Crippen molar-refractivity contribution in [1.29, 1.82) is 0 Å². The summed E-state index contributed by atoms with van der Waals surface area (Å²) in [5, 5.41) is 1.94. The van der Waals surface area contributed by atoms with Crippen LogP contribution >= 0.6 is 27.3 Å². The Bertz CT molecular complexity index is 653. The molecular formula is C15H12BrNO2S. The van der Waals surface area contributed by atoms with Crippen LogP contribution in [0.3, 0.4) is 0 Å². The summed E-state index contributed by atoms with van der Waals surface area (Å²) in [6, 6.07) is 11.4. The number of carbonyl (C=O) groups excluding carboxylic acids is 2. The lowest BCUT2D eigenvalue weighted by Gasteiger charge is -2.14. The molecule has 0 spiro atoms. The molecule has 1 aromatic heterocycles. The molecule has 2 heterocycles. The van der Waals surface area contributed by atoms with E-state index in [9.17, 15) is 9.59 Å². The molecule has 102 valence electrons. The minimum absolute atomic E-state index is 0.0934. The molecule has 3 nitrogen and oxygen atoms in total. The Kier molecular flexibility index (Phi) is 3.72. The fourth-order valence-electron chi connectivity index (χ4n) is 2.38. The summed E-state index contributed by atoms with van der Waals surface area (Å²) < 4.78 is 0.950. The van der Waals surface area contributed by atoms with Crippen LogP contribution < -0.4 is 0 Å². The second-order valence-electron chi connectivity index (χ2n) is 4.68. The maximum absolute atomic E-state index is 12.4. The van der Waals surface area contributed by atoms with Crippen molar-refractivity contribution in [1.82, 2.24) is 4.90 Å². The van der Waals surface area contributed by atoms with Crippen molar-refractivity contribution in [3.63, 3.8) is 0 Å². The van der Waals surface area contributed by atoms with E-state index in [4.69, 9.17) is 0 Å². The minimum atomic E-state index is -0.331. The molecule has 0 radical (unpaired) electrons. The van der Waals surface area contributed by atoms with E-state index < -0.39 is 0 Å². The van der Waals surface area contributed by atoms with Gasteiger partial charge in [-0.05, 0) is 32.9 Å². The standard InChI is InChI=1S/C15H12BrNO2S/c16-12-6-7-20-13(12)9-17-14(18)8-11(15(17)19)10-4-2-1-3-5-10/h1-7,11H,8-9H2. The van der Waals surface area contributed by atoms with Crippen LogP contribution in [0.2, 0.25) is 0 Å². The van der Waals surface area contributed by atoms with Crippen molar-refractivity contribution in [2.75, 3.05) is 0 Å². The first-order chi connectivity index (χ1) is 9.66. The monoisotopic (exact) mass is 349 g/mol. The predicted octanol–water partition coefficient (Wildman–Crippen LogP) is 3.55. The highest BCUT2D eigenvalue weighted by Crippen LogP contribution is 2.32. The van der Waals surface area contributed by atoms with E-state index in [0.29, 0.717) is 6.54 Å². The van der Waals surface area contributed by atoms with E-state index in [1.165, 1.54) is 4.90 Å². The van der Waals surface area contributed by atoms with Gasteiger partial charge in [0.15, 0.2) is 0 Å². The highest BCUT2D eigenvalue weighted by atomic mass is 79.9. The summed E-state index contributed by atoms with van der Waals surface area (Å²) in [6.07, 6.45) is 0.270. The lowest BCUT2D eigenvalue weighted by molar-refractivity contribution is -0.139. The second-order valence-corrected chi connectivity index (χ2v) is 6.53. The summed E-state index contributed by atoms with van der Waals surface area (Å²) in [7, 11) is 0. The van der Waals surface area contributed by atoms with Crippen LogP contribution in [-0.2, 0) is 16.1 Å². The first-order valence-electron chi connectivity index (χ1n) is 6.28. The molecule has 5 heteroatoms. The molecule has 1 fully saturated rings. The molecule has 1 aromatic carbocycles. The quantitative estimate of drug-likeness (QED) is 0.794. The number of hydrogen-bond acceptors (Lipinski definition) is 3. The van der Waals surface area contributed by atoms with Crippen molar-refractivity contribution in [3.8, 4) is 0 Å². The van der Waals surface area contributed by atoms with Gasteiger partial charge in [-0.3, -0.25) is 14.5 Å². The Morgan fingerprint density at radius 3 is 2.60 bits per heavy atom. The van der Waals surface area contributed by atoms with Gasteiger partial charge in [0.05, 0.1) is 12.5 Å². The number of rotatable bonds is 3. The Labute approximate surface area is 129 Å². The molecule has 0 bridgehead atoms. The number of imide groups is 1. The van der Waals surface area contributed by atoms with E-state index in [-0.39, 0.29) is 24.2 Å². The largest absolute Gasteiger partial charge is 0.277 e. The van der Waals surface area contributed by atoms with Crippen LogP contribution in [0.25, 0.3) is 0 Å². The van der Waals surface area contributed by atoms with Gasteiger partial charge in [-0.15, -0.1) is 11.3 Å². The van der Waals surface area contributed by atoms with Crippen LogP contribution in [0.15, 0.2) is 46.3 Å². The van der Waals surface area contributed by atoms with E-state index >= 15 is 0 Å². The minimum Gasteiger partial charge on any atom is -0.277 e. The summed E-state index contributed by atoms with van der Waals surface area (Å²) >= 11 is 4.98.